The van der Waals surface area contributed by atoms with Gasteiger partial charge in [0, 0.05) is 26.8 Å². The molecule has 0 aliphatic carbocycles. The summed E-state index contributed by atoms with van der Waals surface area (Å²) in [6.07, 6.45) is 4.84. The van der Waals surface area contributed by atoms with Crippen LogP contribution in [-0.4, -0.2) is 19.1 Å². The fraction of sp³-hybridized carbons (Fsp3) is 0.389. The number of aromatic nitrogens is 1. The average molecular weight is 283 g/mol. The minimum Gasteiger partial charge on any atom is -0.378 e. The van der Waals surface area contributed by atoms with Crippen molar-refractivity contribution in [2.75, 3.05) is 24.3 Å². The number of nitrogens with one attached hydrogen (secondary N) is 1. The van der Waals surface area contributed by atoms with Crippen LogP contribution in [0.4, 0.5) is 11.4 Å². The van der Waals surface area contributed by atoms with Crippen molar-refractivity contribution in [3.8, 4) is 0 Å². The maximum absolute atomic E-state index is 4.20. The van der Waals surface area contributed by atoms with E-state index in [1.54, 1.807) is 0 Å². The molecule has 0 fully saturated rings. The lowest BCUT2D eigenvalue weighted by Crippen LogP contribution is -2.12. The van der Waals surface area contributed by atoms with Crippen LogP contribution in [0.1, 0.15) is 25.0 Å². The second-order valence-electron chi connectivity index (χ2n) is 6.06. The van der Waals surface area contributed by atoms with Gasteiger partial charge in [0.05, 0.1) is 17.6 Å². The van der Waals surface area contributed by atoms with Gasteiger partial charge in [-0.1, -0.05) is 38.1 Å². The summed E-state index contributed by atoms with van der Waals surface area (Å²) in [5, 5.41) is 3.47. The first-order valence-electron chi connectivity index (χ1n) is 7.49. The summed E-state index contributed by atoms with van der Waals surface area (Å²) >= 11 is 0. The van der Waals surface area contributed by atoms with E-state index < -0.39 is 0 Å². The second kappa shape index (κ2) is 7.11. The molecule has 2 rings (SSSR count). The molecule has 1 N–H and O–H groups in total. The molecule has 0 radical (unpaired) electrons. The number of hydrogen-bond acceptors (Lipinski definition) is 3. The molecule has 0 saturated carbocycles. The van der Waals surface area contributed by atoms with Gasteiger partial charge < -0.3 is 10.2 Å². The number of rotatable bonds is 6. The second-order valence-corrected chi connectivity index (χ2v) is 6.06. The van der Waals surface area contributed by atoms with Crippen LogP contribution in [0.5, 0.6) is 0 Å². The van der Waals surface area contributed by atoms with Gasteiger partial charge in [0.2, 0.25) is 0 Å². The van der Waals surface area contributed by atoms with Crippen LogP contribution in [0, 0.1) is 5.92 Å². The smallest absolute Gasteiger partial charge is 0.0766 e. The van der Waals surface area contributed by atoms with Crippen molar-refractivity contribution < 1.29 is 0 Å². The molecule has 21 heavy (non-hydrogen) atoms. The summed E-state index contributed by atoms with van der Waals surface area (Å²) in [6.45, 7) is 5.32. The van der Waals surface area contributed by atoms with Crippen molar-refractivity contribution in [3.05, 3.63) is 53.9 Å². The van der Waals surface area contributed by atoms with Gasteiger partial charge in [-0.3, -0.25) is 4.98 Å². The van der Waals surface area contributed by atoms with Gasteiger partial charge >= 0.3 is 0 Å². The van der Waals surface area contributed by atoms with E-state index in [9.17, 15) is 0 Å². The molecule has 2 aromatic rings. The maximum Gasteiger partial charge on any atom is 0.0766 e. The van der Waals surface area contributed by atoms with E-state index in [0.29, 0.717) is 5.92 Å². The quantitative estimate of drug-likeness (QED) is 0.870. The van der Waals surface area contributed by atoms with Gasteiger partial charge in [-0.2, -0.15) is 0 Å². The third-order valence-corrected chi connectivity index (χ3v) is 3.43. The largest absolute Gasteiger partial charge is 0.378 e. The van der Waals surface area contributed by atoms with Crippen LogP contribution in [0.25, 0.3) is 0 Å². The minimum atomic E-state index is 0.701. The predicted octanol–water partition coefficient (Wildman–Crippen LogP) is 3.96. The Kier molecular flexibility index (Phi) is 5.20. The molecule has 0 bridgehead atoms. The number of anilines is 2. The minimum absolute atomic E-state index is 0.701. The molecule has 112 valence electrons. The van der Waals surface area contributed by atoms with Crippen LogP contribution in [0.3, 0.4) is 0 Å². The lowest BCUT2D eigenvalue weighted by molar-refractivity contribution is 0.647. The number of nitrogens with zero attached hydrogens (tertiary/aromatic N) is 2. The fourth-order valence-electron chi connectivity index (χ4n) is 2.38. The van der Waals surface area contributed by atoms with E-state index in [1.165, 1.54) is 11.1 Å². The molecule has 3 nitrogen and oxygen atoms in total. The topological polar surface area (TPSA) is 28.2 Å². The fourth-order valence-corrected chi connectivity index (χ4v) is 2.38. The Bertz CT molecular complexity index is 559. The molecule has 1 heterocycles. The Labute approximate surface area is 128 Å². The number of pyridine rings is 1. The summed E-state index contributed by atoms with van der Waals surface area (Å²) in [5.41, 5.74) is 4.91. The Morgan fingerprint density at radius 1 is 1.05 bits per heavy atom. The van der Waals surface area contributed by atoms with Gasteiger partial charge in [0.1, 0.15) is 0 Å². The van der Waals surface area contributed by atoms with Crippen molar-refractivity contribution in [2.45, 2.75) is 26.8 Å². The van der Waals surface area contributed by atoms with Crippen molar-refractivity contribution in [1.29, 1.82) is 0 Å². The standard InChI is InChI=1S/C18H25N3/c1-14(2)11-15-5-7-16(8-6-15)12-20-17-13-19-10-9-18(17)21(3)4/h5-10,13-14,20H,11-12H2,1-4H3. The lowest BCUT2D eigenvalue weighted by Gasteiger charge is -2.18. The van der Waals surface area contributed by atoms with E-state index in [0.717, 1.165) is 24.3 Å². The highest BCUT2D eigenvalue weighted by Gasteiger charge is 2.04. The van der Waals surface area contributed by atoms with Gasteiger partial charge in [0.15, 0.2) is 0 Å². The molecular weight excluding hydrogens is 258 g/mol. The summed E-state index contributed by atoms with van der Waals surface area (Å²) in [4.78, 5) is 6.29. The van der Waals surface area contributed by atoms with Crippen molar-refractivity contribution in [1.82, 2.24) is 4.98 Å². The first-order chi connectivity index (χ1) is 10.1. The summed E-state index contributed by atoms with van der Waals surface area (Å²) < 4.78 is 0. The van der Waals surface area contributed by atoms with Crippen LogP contribution < -0.4 is 10.2 Å². The number of benzene rings is 1. The first kappa shape index (κ1) is 15.4. The van der Waals surface area contributed by atoms with Crippen molar-refractivity contribution in [3.63, 3.8) is 0 Å². The summed E-state index contributed by atoms with van der Waals surface area (Å²) in [7, 11) is 4.09. The molecule has 0 atom stereocenters. The SMILES string of the molecule is CC(C)Cc1ccc(CNc2cnccc2N(C)C)cc1. The Hall–Kier alpha value is -2.03. The third kappa shape index (κ3) is 4.48. The van der Waals surface area contributed by atoms with E-state index in [1.807, 2.05) is 32.6 Å². The first-order valence-corrected chi connectivity index (χ1v) is 7.49. The molecule has 0 saturated heterocycles. The van der Waals surface area contributed by atoms with Crippen molar-refractivity contribution in [2.24, 2.45) is 5.92 Å². The monoisotopic (exact) mass is 283 g/mol. The molecular formula is C18H25N3. The Balaban J connectivity index is 2.00. The maximum atomic E-state index is 4.20. The summed E-state index contributed by atoms with van der Waals surface area (Å²) in [6, 6.07) is 10.9. The van der Waals surface area contributed by atoms with Gasteiger partial charge in [-0.15, -0.1) is 0 Å². The van der Waals surface area contributed by atoms with Gasteiger partial charge in [-0.05, 0) is 29.5 Å². The third-order valence-electron chi connectivity index (χ3n) is 3.43. The zero-order valence-electron chi connectivity index (χ0n) is 13.4. The van der Waals surface area contributed by atoms with Gasteiger partial charge in [0.25, 0.3) is 0 Å². The summed E-state index contributed by atoms with van der Waals surface area (Å²) in [5.74, 6) is 0.701. The lowest BCUT2D eigenvalue weighted by atomic mass is 10.0. The van der Waals surface area contributed by atoms with E-state index in [4.69, 9.17) is 0 Å². The van der Waals surface area contributed by atoms with E-state index >= 15 is 0 Å². The molecule has 0 aliphatic heterocycles. The van der Waals surface area contributed by atoms with Crippen LogP contribution in [-0.2, 0) is 13.0 Å². The Morgan fingerprint density at radius 3 is 2.33 bits per heavy atom. The zero-order chi connectivity index (χ0) is 15.2. The van der Waals surface area contributed by atoms with Crippen LogP contribution in [0.2, 0.25) is 0 Å². The highest BCUT2D eigenvalue weighted by molar-refractivity contribution is 5.68. The normalized spacial score (nSPS) is 10.7. The zero-order valence-corrected chi connectivity index (χ0v) is 13.4. The van der Waals surface area contributed by atoms with Crippen LogP contribution in [0.15, 0.2) is 42.7 Å². The molecule has 1 aromatic carbocycles. The average Bonchev–Trinajstić information content (AvgIpc) is 2.46. The molecule has 0 unspecified atom stereocenters. The number of hydrogen-bond donors (Lipinski definition) is 1. The van der Waals surface area contributed by atoms with Crippen LogP contribution >= 0.6 is 0 Å². The highest BCUT2D eigenvalue weighted by Crippen LogP contribution is 2.22. The Morgan fingerprint density at radius 2 is 1.71 bits per heavy atom. The van der Waals surface area contributed by atoms with E-state index in [2.05, 4.69) is 53.3 Å². The van der Waals surface area contributed by atoms with E-state index in [-0.39, 0.29) is 0 Å². The molecule has 1 aromatic heterocycles. The van der Waals surface area contributed by atoms with Gasteiger partial charge in [-0.25, -0.2) is 0 Å². The molecule has 3 heteroatoms. The van der Waals surface area contributed by atoms with Crippen molar-refractivity contribution >= 4 is 11.4 Å². The molecule has 0 spiro atoms. The molecule has 0 amide bonds. The highest BCUT2D eigenvalue weighted by atomic mass is 15.1. The molecule has 0 aliphatic rings. The predicted molar refractivity (Wildman–Crippen MR) is 90.9 cm³/mol.